The molecule has 0 aliphatic heterocycles. The molecule has 1 saturated carbocycles. The molecular weight excluding hydrogens is 292 g/mol. The molecular formula is C18H22N2O3. The molecule has 0 saturated heterocycles. The third kappa shape index (κ3) is 4.75. The number of rotatable bonds is 6. The van der Waals surface area contributed by atoms with E-state index in [1.54, 1.807) is 31.4 Å². The third-order valence-electron chi connectivity index (χ3n) is 4.08. The zero-order valence-electron chi connectivity index (χ0n) is 13.4. The predicted molar refractivity (Wildman–Crippen MR) is 87.8 cm³/mol. The van der Waals surface area contributed by atoms with Crippen LogP contribution >= 0.6 is 0 Å². The average Bonchev–Trinajstić information content (AvgIpc) is 2.58. The summed E-state index contributed by atoms with van der Waals surface area (Å²) in [4.78, 5) is 11.1. The summed E-state index contributed by atoms with van der Waals surface area (Å²) < 4.78 is 11.2. The van der Waals surface area contributed by atoms with E-state index in [1.807, 2.05) is 0 Å². The highest BCUT2D eigenvalue weighted by atomic mass is 16.5. The van der Waals surface area contributed by atoms with Gasteiger partial charge in [-0.05, 0) is 42.5 Å². The number of nitriles is 1. The Kier molecular flexibility index (Phi) is 6.04. The van der Waals surface area contributed by atoms with Crippen molar-refractivity contribution in [2.75, 3.05) is 13.7 Å². The summed E-state index contributed by atoms with van der Waals surface area (Å²) in [6, 6.07) is 7.09. The molecule has 0 atom stereocenters. The fourth-order valence-corrected chi connectivity index (χ4v) is 2.78. The molecule has 0 spiro atoms. The van der Waals surface area contributed by atoms with Crippen LogP contribution in [0.1, 0.15) is 37.7 Å². The van der Waals surface area contributed by atoms with Gasteiger partial charge in [0, 0.05) is 0 Å². The van der Waals surface area contributed by atoms with Crippen molar-refractivity contribution in [3.63, 3.8) is 0 Å². The molecule has 1 fully saturated rings. The smallest absolute Gasteiger partial charge is 0.259 e. The van der Waals surface area contributed by atoms with Crippen molar-refractivity contribution >= 4 is 12.0 Å². The van der Waals surface area contributed by atoms with Gasteiger partial charge in [0.15, 0.2) is 11.5 Å². The molecule has 5 heteroatoms. The second-order valence-electron chi connectivity index (χ2n) is 5.76. The Hall–Kier alpha value is -2.48. The lowest BCUT2D eigenvalue weighted by Crippen LogP contribution is -2.15. The molecule has 0 unspecified atom stereocenters. The van der Waals surface area contributed by atoms with E-state index in [0.29, 0.717) is 29.6 Å². The number of hydrogen-bond acceptors (Lipinski definition) is 4. The average molecular weight is 314 g/mol. The van der Waals surface area contributed by atoms with E-state index in [-0.39, 0.29) is 5.57 Å². The lowest BCUT2D eigenvalue weighted by atomic mass is 9.90. The number of primary amides is 1. The molecule has 122 valence electrons. The second-order valence-corrected chi connectivity index (χ2v) is 5.76. The van der Waals surface area contributed by atoms with Gasteiger partial charge in [0.05, 0.1) is 13.7 Å². The van der Waals surface area contributed by atoms with Gasteiger partial charge in [-0.2, -0.15) is 5.26 Å². The monoisotopic (exact) mass is 314 g/mol. The van der Waals surface area contributed by atoms with Crippen LogP contribution in [0, 0.1) is 17.2 Å². The Morgan fingerprint density at radius 1 is 1.35 bits per heavy atom. The van der Waals surface area contributed by atoms with Crippen LogP contribution in [-0.2, 0) is 4.79 Å². The molecule has 2 N–H and O–H groups in total. The van der Waals surface area contributed by atoms with Crippen LogP contribution < -0.4 is 15.2 Å². The first-order valence-electron chi connectivity index (χ1n) is 7.86. The van der Waals surface area contributed by atoms with E-state index in [4.69, 9.17) is 20.5 Å². The van der Waals surface area contributed by atoms with Gasteiger partial charge in [-0.25, -0.2) is 0 Å². The van der Waals surface area contributed by atoms with Crippen molar-refractivity contribution in [3.05, 3.63) is 29.3 Å². The van der Waals surface area contributed by atoms with E-state index in [0.717, 1.165) is 0 Å². The van der Waals surface area contributed by atoms with Crippen LogP contribution in [0.15, 0.2) is 23.8 Å². The van der Waals surface area contributed by atoms with E-state index in [9.17, 15) is 4.79 Å². The van der Waals surface area contributed by atoms with Gasteiger partial charge in [-0.15, -0.1) is 0 Å². The fraction of sp³-hybridized carbons (Fsp3) is 0.444. The summed E-state index contributed by atoms with van der Waals surface area (Å²) in [7, 11) is 1.57. The van der Waals surface area contributed by atoms with Crippen molar-refractivity contribution < 1.29 is 14.3 Å². The molecule has 1 amide bonds. The molecule has 2 rings (SSSR count). The maximum absolute atomic E-state index is 11.1. The normalized spacial score (nSPS) is 15.7. The lowest BCUT2D eigenvalue weighted by molar-refractivity contribution is -0.114. The summed E-state index contributed by atoms with van der Waals surface area (Å²) in [5.41, 5.74) is 5.71. The number of amides is 1. The number of methoxy groups -OCH3 is 1. The van der Waals surface area contributed by atoms with Gasteiger partial charge in [-0.1, -0.05) is 25.3 Å². The summed E-state index contributed by atoms with van der Waals surface area (Å²) in [6.07, 6.45) is 7.75. The Morgan fingerprint density at radius 2 is 2.09 bits per heavy atom. The van der Waals surface area contributed by atoms with Crippen molar-refractivity contribution in [1.82, 2.24) is 0 Å². The van der Waals surface area contributed by atoms with E-state index in [2.05, 4.69) is 0 Å². The van der Waals surface area contributed by atoms with Crippen molar-refractivity contribution in [2.24, 2.45) is 11.7 Å². The van der Waals surface area contributed by atoms with Gasteiger partial charge < -0.3 is 15.2 Å². The van der Waals surface area contributed by atoms with Gasteiger partial charge in [0.2, 0.25) is 0 Å². The van der Waals surface area contributed by atoms with Gasteiger partial charge >= 0.3 is 0 Å². The van der Waals surface area contributed by atoms with Crippen LogP contribution in [0.2, 0.25) is 0 Å². The molecule has 0 heterocycles. The van der Waals surface area contributed by atoms with E-state index < -0.39 is 5.91 Å². The molecule has 5 nitrogen and oxygen atoms in total. The Balaban J connectivity index is 2.10. The minimum atomic E-state index is -0.746. The number of hydrogen-bond donors (Lipinski definition) is 1. The molecule has 0 bridgehead atoms. The van der Waals surface area contributed by atoms with E-state index in [1.165, 1.54) is 38.2 Å². The minimum Gasteiger partial charge on any atom is -0.493 e. The number of carbonyl (C=O) groups is 1. The van der Waals surface area contributed by atoms with E-state index >= 15 is 0 Å². The minimum absolute atomic E-state index is 0.0945. The summed E-state index contributed by atoms with van der Waals surface area (Å²) in [5, 5.41) is 8.89. The number of nitrogens with zero attached hydrogens (tertiary/aromatic N) is 1. The molecule has 23 heavy (non-hydrogen) atoms. The molecule has 0 radical (unpaired) electrons. The summed E-state index contributed by atoms with van der Waals surface area (Å²) in [6.45, 7) is 0.691. The quantitative estimate of drug-likeness (QED) is 0.646. The topological polar surface area (TPSA) is 85.3 Å². The van der Waals surface area contributed by atoms with Crippen LogP contribution in [0.4, 0.5) is 0 Å². The highest BCUT2D eigenvalue weighted by Crippen LogP contribution is 2.31. The maximum atomic E-state index is 11.1. The zero-order chi connectivity index (χ0) is 16.7. The highest BCUT2D eigenvalue weighted by molar-refractivity contribution is 6.00. The van der Waals surface area contributed by atoms with Gasteiger partial charge in [0.25, 0.3) is 5.91 Å². The first-order chi connectivity index (χ1) is 11.1. The standard InChI is InChI=1S/C18H22N2O3/c1-22-17-10-14(9-15(11-19)18(20)21)7-8-16(17)23-12-13-5-3-2-4-6-13/h7-10,13H,2-6,12H2,1H3,(H2,20,21)/b15-9+. The fourth-order valence-electron chi connectivity index (χ4n) is 2.78. The van der Waals surface area contributed by atoms with Crippen LogP contribution in [-0.4, -0.2) is 19.6 Å². The second kappa shape index (κ2) is 8.23. The Morgan fingerprint density at radius 3 is 2.70 bits per heavy atom. The SMILES string of the molecule is COc1cc(/C=C(\C#N)C(N)=O)ccc1OCC1CCCCC1. The van der Waals surface area contributed by atoms with Crippen molar-refractivity contribution in [3.8, 4) is 17.6 Å². The molecule has 1 aromatic carbocycles. The molecule has 1 aliphatic carbocycles. The van der Waals surface area contributed by atoms with Crippen molar-refractivity contribution in [1.29, 1.82) is 5.26 Å². The highest BCUT2D eigenvalue weighted by Gasteiger charge is 2.15. The van der Waals surface area contributed by atoms with Crippen LogP contribution in [0.25, 0.3) is 6.08 Å². The number of benzene rings is 1. The first kappa shape index (κ1) is 16.9. The zero-order valence-corrected chi connectivity index (χ0v) is 13.4. The summed E-state index contributed by atoms with van der Waals surface area (Å²) >= 11 is 0. The molecule has 1 aromatic rings. The maximum Gasteiger partial charge on any atom is 0.259 e. The third-order valence-corrected chi connectivity index (χ3v) is 4.08. The number of ether oxygens (including phenoxy) is 2. The predicted octanol–water partition coefficient (Wildman–Crippen LogP) is 3.05. The van der Waals surface area contributed by atoms with Crippen LogP contribution in [0.5, 0.6) is 11.5 Å². The lowest BCUT2D eigenvalue weighted by Gasteiger charge is -2.22. The molecule has 1 aliphatic rings. The Bertz CT molecular complexity index is 626. The number of nitrogens with two attached hydrogens (primary N) is 1. The van der Waals surface area contributed by atoms with Gasteiger partial charge in [-0.3, -0.25) is 4.79 Å². The Labute approximate surface area is 136 Å². The summed E-state index contributed by atoms with van der Waals surface area (Å²) in [5.74, 6) is 1.11. The van der Waals surface area contributed by atoms with Gasteiger partial charge in [0.1, 0.15) is 11.6 Å². The first-order valence-corrected chi connectivity index (χ1v) is 7.86. The largest absolute Gasteiger partial charge is 0.493 e. The number of carbonyl (C=O) groups excluding carboxylic acids is 1. The molecule has 0 aromatic heterocycles. The van der Waals surface area contributed by atoms with Crippen LogP contribution in [0.3, 0.4) is 0 Å². The van der Waals surface area contributed by atoms with Crippen molar-refractivity contribution in [2.45, 2.75) is 32.1 Å².